The fraction of sp³-hybridized carbons (Fsp3) is 0.333. The Morgan fingerprint density at radius 2 is 2.16 bits per heavy atom. The second-order valence-electron chi connectivity index (χ2n) is 4.78. The summed E-state index contributed by atoms with van der Waals surface area (Å²) in [4.78, 5) is 9.21. The van der Waals surface area contributed by atoms with Crippen LogP contribution >= 0.6 is 0 Å². The molecule has 1 aromatic heterocycles. The molecule has 0 spiro atoms. The van der Waals surface area contributed by atoms with E-state index in [4.69, 9.17) is 0 Å². The van der Waals surface area contributed by atoms with Gasteiger partial charge < -0.3 is 5.32 Å². The number of hydrogen-bond donors (Lipinski definition) is 1. The van der Waals surface area contributed by atoms with Crippen molar-refractivity contribution in [1.29, 1.82) is 0 Å². The maximum absolute atomic E-state index is 13.2. The number of aromatic nitrogens is 2. The van der Waals surface area contributed by atoms with Crippen molar-refractivity contribution in [3.05, 3.63) is 58.4 Å². The molecule has 4 heteroatoms. The highest BCUT2D eigenvalue weighted by Crippen LogP contribution is 2.18. The Hall–Kier alpha value is -1.81. The van der Waals surface area contributed by atoms with Crippen molar-refractivity contribution in [2.24, 2.45) is 0 Å². The van der Waals surface area contributed by atoms with Gasteiger partial charge in [0.15, 0.2) is 0 Å². The van der Waals surface area contributed by atoms with Gasteiger partial charge in [0.2, 0.25) is 0 Å². The van der Waals surface area contributed by atoms with Crippen LogP contribution < -0.4 is 5.32 Å². The van der Waals surface area contributed by atoms with E-state index >= 15 is 0 Å². The summed E-state index contributed by atoms with van der Waals surface area (Å²) in [6, 6.07) is 6.62. The molecule has 1 aromatic carbocycles. The summed E-state index contributed by atoms with van der Waals surface area (Å²) in [5, 5.41) is 3.30. The van der Waals surface area contributed by atoms with Crippen LogP contribution in [-0.4, -0.2) is 9.97 Å². The third-order valence-corrected chi connectivity index (χ3v) is 3.41. The van der Waals surface area contributed by atoms with Crippen molar-refractivity contribution >= 4 is 0 Å². The topological polar surface area (TPSA) is 37.8 Å². The SMILES string of the molecule is CCc1nc(Cc2cccc(F)c2)nc2c1CNC2. The van der Waals surface area contributed by atoms with Gasteiger partial charge in [-0.15, -0.1) is 0 Å². The van der Waals surface area contributed by atoms with Crippen LogP contribution in [0.1, 0.15) is 35.3 Å². The van der Waals surface area contributed by atoms with Gasteiger partial charge in [-0.05, 0) is 24.1 Å². The first-order valence-corrected chi connectivity index (χ1v) is 6.59. The summed E-state index contributed by atoms with van der Waals surface area (Å²) in [5.41, 5.74) is 4.36. The summed E-state index contributed by atoms with van der Waals surface area (Å²) < 4.78 is 13.2. The van der Waals surface area contributed by atoms with Gasteiger partial charge in [-0.3, -0.25) is 0 Å². The normalized spacial score (nSPS) is 13.6. The van der Waals surface area contributed by atoms with Gasteiger partial charge in [-0.1, -0.05) is 19.1 Å². The standard InChI is InChI=1S/C15H16FN3/c1-2-13-12-8-17-9-14(12)19-15(18-13)7-10-4-3-5-11(16)6-10/h3-6,17H,2,7-9H2,1H3. The molecule has 19 heavy (non-hydrogen) atoms. The van der Waals surface area contributed by atoms with Crippen LogP contribution in [0.4, 0.5) is 4.39 Å². The first-order chi connectivity index (χ1) is 9.26. The molecular weight excluding hydrogens is 241 g/mol. The molecule has 0 aliphatic carbocycles. The Morgan fingerprint density at radius 1 is 1.26 bits per heavy atom. The third kappa shape index (κ3) is 2.49. The van der Waals surface area contributed by atoms with Crippen molar-refractivity contribution in [3.63, 3.8) is 0 Å². The highest BCUT2D eigenvalue weighted by molar-refractivity contribution is 5.30. The second-order valence-corrected chi connectivity index (χ2v) is 4.78. The molecule has 1 N–H and O–H groups in total. The van der Waals surface area contributed by atoms with Crippen LogP contribution in [0.2, 0.25) is 0 Å². The zero-order valence-electron chi connectivity index (χ0n) is 10.9. The lowest BCUT2D eigenvalue weighted by molar-refractivity contribution is 0.625. The molecule has 0 saturated carbocycles. The molecule has 0 saturated heterocycles. The molecular formula is C15H16FN3. The van der Waals surface area contributed by atoms with E-state index < -0.39 is 0 Å². The first kappa shape index (κ1) is 12.2. The summed E-state index contributed by atoms with van der Waals surface area (Å²) >= 11 is 0. The maximum atomic E-state index is 13.2. The van der Waals surface area contributed by atoms with Gasteiger partial charge in [-0.25, -0.2) is 14.4 Å². The number of fused-ring (bicyclic) bond motifs is 1. The number of rotatable bonds is 3. The summed E-state index contributed by atoms with van der Waals surface area (Å²) in [5.74, 6) is 0.570. The number of benzene rings is 1. The molecule has 98 valence electrons. The number of hydrogen-bond acceptors (Lipinski definition) is 3. The van der Waals surface area contributed by atoms with Crippen molar-refractivity contribution < 1.29 is 4.39 Å². The smallest absolute Gasteiger partial charge is 0.133 e. The zero-order valence-corrected chi connectivity index (χ0v) is 10.9. The van der Waals surface area contributed by atoms with Gasteiger partial charge in [-0.2, -0.15) is 0 Å². The monoisotopic (exact) mass is 257 g/mol. The minimum Gasteiger partial charge on any atom is -0.307 e. The lowest BCUT2D eigenvalue weighted by atomic mass is 10.1. The minimum atomic E-state index is -0.212. The van der Waals surface area contributed by atoms with E-state index in [2.05, 4.69) is 22.2 Å². The predicted molar refractivity (Wildman–Crippen MR) is 71.2 cm³/mol. The van der Waals surface area contributed by atoms with Crippen molar-refractivity contribution in [2.45, 2.75) is 32.9 Å². The summed E-state index contributed by atoms with van der Waals surface area (Å²) in [7, 11) is 0. The van der Waals surface area contributed by atoms with E-state index in [1.807, 2.05) is 6.07 Å². The molecule has 1 aliphatic rings. The van der Waals surface area contributed by atoms with Crippen LogP contribution in [0, 0.1) is 5.82 Å². The van der Waals surface area contributed by atoms with Crippen molar-refractivity contribution in [1.82, 2.24) is 15.3 Å². The fourth-order valence-corrected chi connectivity index (χ4v) is 2.50. The van der Waals surface area contributed by atoms with Gasteiger partial charge in [0.05, 0.1) is 5.69 Å². The molecule has 0 unspecified atom stereocenters. The molecule has 0 bridgehead atoms. The summed E-state index contributed by atoms with van der Waals surface area (Å²) in [6.45, 7) is 3.77. The van der Waals surface area contributed by atoms with Gasteiger partial charge >= 0.3 is 0 Å². The van der Waals surface area contributed by atoms with Crippen LogP contribution in [-0.2, 0) is 25.9 Å². The van der Waals surface area contributed by atoms with E-state index in [9.17, 15) is 4.39 Å². The Bertz CT molecular complexity index is 610. The zero-order chi connectivity index (χ0) is 13.2. The van der Waals surface area contributed by atoms with E-state index in [1.54, 1.807) is 12.1 Å². The molecule has 3 rings (SSSR count). The predicted octanol–water partition coefficient (Wildman–Crippen LogP) is 2.37. The van der Waals surface area contributed by atoms with E-state index in [-0.39, 0.29) is 5.82 Å². The number of nitrogens with zero attached hydrogens (tertiary/aromatic N) is 2. The third-order valence-electron chi connectivity index (χ3n) is 3.41. The van der Waals surface area contributed by atoms with Gasteiger partial charge in [0, 0.05) is 30.8 Å². The maximum Gasteiger partial charge on any atom is 0.133 e. The molecule has 2 heterocycles. The molecule has 2 aromatic rings. The van der Waals surface area contributed by atoms with Crippen LogP contribution in [0.3, 0.4) is 0 Å². The van der Waals surface area contributed by atoms with E-state index in [0.717, 1.165) is 42.3 Å². The van der Waals surface area contributed by atoms with Crippen LogP contribution in [0.25, 0.3) is 0 Å². The average molecular weight is 257 g/mol. The van der Waals surface area contributed by atoms with Crippen molar-refractivity contribution in [2.75, 3.05) is 0 Å². The second kappa shape index (κ2) is 5.05. The van der Waals surface area contributed by atoms with Gasteiger partial charge in [0.25, 0.3) is 0 Å². The van der Waals surface area contributed by atoms with Crippen molar-refractivity contribution in [3.8, 4) is 0 Å². The van der Waals surface area contributed by atoms with E-state index in [0.29, 0.717) is 6.42 Å². The average Bonchev–Trinajstić information content (AvgIpc) is 2.86. The number of aryl methyl sites for hydroxylation is 1. The fourth-order valence-electron chi connectivity index (χ4n) is 2.50. The molecule has 0 amide bonds. The molecule has 0 fully saturated rings. The first-order valence-electron chi connectivity index (χ1n) is 6.59. The highest BCUT2D eigenvalue weighted by Gasteiger charge is 2.17. The Kier molecular flexibility index (Phi) is 3.25. The lowest BCUT2D eigenvalue weighted by Crippen LogP contribution is -2.06. The lowest BCUT2D eigenvalue weighted by Gasteiger charge is -2.08. The number of halogens is 1. The number of nitrogens with one attached hydrogen (secondary N) is 1. The molecule has 0 atom stereocenters. The largest absolute Gasteiger partial charge is 0.307 e. The van der Waals surface area contributed by atoms with E-state index in [1.165, 1.54) is 11.6 Å². The molecule has 3 nitrogen and oxygen atoms in total. The molecule has 1 aliphatic heterocycles. The summed E-state index contributed by atoms with van der Waals surface area (Å²) in [6.07, 6.45) is 1.49. The highest BCUT2D eigenvalue weighted by atomic mass is 19.1. The Balaban J connectivity index is 1.93. The Labute approximate surface area is 111 Å². The molecule has 0 radical (unpaired) electrons. The quantitative estimate of drug-likeness (QED) is 0.917. The van der Waals surface area contributed by atoms with Crippen LogP contribution in [0.5, 0.6) is 0 Å². The minimum absolute atomic E-state index is 0.212. The van der Waals surface area contributed by atoms with Gasteiger partial charge in [0.1, 0.15) is 11.6 Å². The Morgan fingerprint density at radius 3 is 2.95 bits per heavy atom. The van der Waals surface area contributed by atoms with Crippen LogP contribution in [0.15, 0.2) is 24.3 Å².